The summed E-state index contributed by atoms with van der Waals surface area (Å²) >= 11 is 0. The summed E-state index contributed by atoms with van der Waals surface area (Å²) < 4.78 is 47.0. The van der Waals surface area contributed by atoms with E-state index in [1.807, 2.05) is 46.7 Å². The first-order valence-corrected chi connectivity index (χ1v) is 17.7. The van der Waals surface area contributed by atoms with Gasteiger partial charge >= 0.3 is 5.97 Å². The molecule has 0 aromatic rings. The molecule has 14 heteroatoms. The predicted molar refractivity (Wildman–Crippen MR) is 180 cm³/mol. The molecule has 0 aliphatic carbocycles. The zero-order chi connectivity index (χ0) is 37.1. The smallest absolute Gasteiger partial charge is 0.330 e. The van der Waals surface area contributed by atoms with Crippen molar-refractivity contribution in [3.63, 3.8) is 0 Å². The monoisotopic (exact) mass is 713 g/mol. The highest BCUT2D eigenvalue weighted by molar-refractivity contribution is 5.91. The molecule has 286 valence electrons. The SMILES string of the molecule is CO[C@@H]1[C@@H](OC[C@]2(O)[C@@H]3O[C@@H]3/C=C/C(=O)[C@H](C)C[C@H](C)[C@@H](O[C@H]3O[C@H](C)C[C@H](N(C)C)[C@H]3O)[C@@H](C)/C=C/C(=O)O[C@@H]2C)O[C@H](C)[C@@H](O)[C@@H]1OC. The van der Waals surface area contributed by atoms with Gasteiger partial charge in [0.1, 0.15) is 42.7 Å². The molecule has 0 aromatic carbocycles. The number of epoxide rings is 1. The maximum Gasteiger partial charge on any atom is 0.330 e. The van der Waals surface area contributed by atoms with E-state index in [1.54, 1.807) is 19.1 Å². The van der Waals surface area contributed by atoms with Crippen molar-refractivity contribution in [2.75, 3.05) is 34.9 Å². The molecule has 4 rings (SSSR count). The first-order chi connectivity index (χ1) is 23.5. The number of ether oxygens (including phenoxy) is 8. The van der Waals surface area contributed by atoms with Crippen LogP contribution >= 0.6 is 0 Å². The molecule has 14 nitrogen and oxygen atoms in total. The molecule has 4 aliphatic rings. The molecule has 0 unspecified atom stereocenters. The van der Waals surface area contributed by atoms with Gasteiger partial charge in [0.2, 0.25) is 0 Å². The summed E-state index contributed by atoms with van der Waals surface area (Å²) in [6.07, 6.45) is -2.27. The number of hydrogen-bond donors (Lipinski definition) is 3. The largest absolute Gasteiger partial charge is 0.456 e. The standard InChI is InChI=1S/C36H59NO13/c1-18-11-14-27(39)48-23(6)36(42,17-45-35-32(44-10)31(43-9)28(40)22(5)47-35)33-26(49-33)13-12-25(38)19(2)15-20(3)30(18)50-34-29(41)24(37(7)8)16-21(4)46-34/h11-14,18-24,26,28-35,40-42H,15-17H2,1-10H3/b13-12+,14-11+/t18-,19+,20-,21+,22+,23+,24-,26+,28+,29+,30-,31-,32-,33+,34+,35-,36+/m0/s1. The summed E-state index contributed by atoms with van der Waals surface area (Å²) in [4.78, 5) is 28.5. The minimum atomic E-state index is -1.87. The van der Waals surface area contributed by atoms with E-state index in [2.05, 4.69) is 0 Å². The Morgan fingerprint density at radius 1 is 0.860 bits per heavy atom. The van der Waals surface area contributed by atoms with Gasteiger partial charge in [-0.2, -0.15) is 0 Å². The number of carbonyl (C=O) groups is 2. The summed E-state index contributed by atoms with van der Waals surface area (Å²) in [5.74, 6) is -1.73. The van der Waals surface area contributed by atoms with Crippen LogP contribution < -0.4 is 0 Å². The molecule has 0 aromatic heterocycles. The number of ketones is 1. The third-order valence-corrected chi connectivity index (χ3v) is 10.6. The molecule has 4 heterocycles. The average Bonchev–Trinajstić information content (AvgIpc) is 3.86. The van der Waals surface area contributed by atoms with Gasteiger partial charge in [0, 0.05) is 38.2 Å². The number of methoxy groups -OCH3 is 2. The Labute approximate surface area is 295 Å². The van der Waals surface area contributed by atoms with Crippen LogP contribution in [-0.2, 0) is 47.5 Å². The minimum absolute atomic E-state index is 0.119. The van der Waals surface area contributed by atoms with Crippen molar-refractivity contribution in [2.24, 2.45) is 17.8 Å². The van der Waals surface area contributed by atoms with Crippen LogP contribution in [0, 0.1) is 17.8 Å². The van der Waals surface area contributed by atoms with Gasteiger partial charge in [0.25, 0.3) is 0 Å². The predicted octanol–water partition coefficient (Wildman–Crippen LogP) is 1.37. The first-order valence-electron chi connectivity index (χ1n) is 17.7. The molecular weight excluding hydrogens is 654 g/mol. The Kier molecular flexibility index (Phi) is 14.2. The van der Waals surface area contributed by atoms with Crippen molar-refractivity contribution in [3.8, 4) is 0 Å². The number of likely N-dealkylation sites (N-methyl/N-ethyl adjacent to an activating group) is 1. The van der Waals surface area contributed by atoms with Crippen LogP contribution in [0.4, 0.5) is 0 Å². The fourth-order valence-corrected chi connectivity index (χ4v) is 7.36. The number of fused-ring (bicyclic) bond motifs is 1. The molecule has 50 heavy (non-hydrogen) atoms. The van der Waals surface area contributed by atoms with Crippen LogP contribution in [0.3, 0.4) is 0 Å². The fraction of sp³-hybridized carbons (Fsp3) is 0.833. The molecule has 17 atom stereocenters. The zero-order valence-electron chi connectivity index (χ0n) is 31.0. The summed E-state index contributed by atoms with van der Waals surface area (Å²) in [5.41, 5.74) is -1.87. The lowest BCUT2D eigenvalue weighted by Crippen LogP contribution is -2.60. The molecule has 4 aliphatic heterocycles. The van der Waals surface area contributed by atoms with Crippen LogP contribution in [0.15, 0.2) is 24.3 Å². The molecule has 3 N–H and O–H groups in total. The highest BCUT2D eigenvalue weighted by Gasteiger charge is 2.58. The van der Waals surface area contributed by atoms with E-state index in [1.165, 1.54) is 33.3 Å². The molecule has 3 fully saturated rings. The van der Waals surface area contributed by atoms with E-state index in [0.717, 1.165) is 0 Å². The summed E-state index contributed by atoms with van der Waals surface area (Å²) in [6.45, 7) is 10.5. The molecule has 0 saturated carbocycles. The zero-order valence-corrected chi connectivity index (χ0v) is 31.0. The number of aliphatic hydroxyl groups excluding tert-OH is 2. The third-order valence-electron chi connectivity index (χ3n) is 10.6. The van der Waals surface area contributed by atoms with Crippen molar-refractivity contribution < 1.29 is 62.8 Å². The normalized spacial score (nSPS) is 47.7. The van der Waals surface area contributed by atoms with Crippen LogP contribution in [0.1, 0.15) is 54.4 Å². The molecule has 3 saturated heterocycles. The fourth-order valence-electron chi connectivity index (χ4n) is 7.36. The van der Waals surface area contributed by atoms with Gasteiger partial charge < -0.3 is 58.1 Å². The summed E-state index contributed by atoms with van der Waals surface area (Å²) in [5, 5.41) is 33.8. The number of cyclic esters (lactones) is 1. The summed E-state index contributed by atoms with van der Waals surface area (Å²) in [6, 6.07) is -0.171. The Balaban J connectivity index is 1.57. The van der Waals surface area contributed by atoms with Crippen LogP contribution in [0.5, 0.6) is 0 Å². The lowest BCUT2D eigenvalue weighted by atomic mass is 9.84. The maximum absolute atomic E-state index is 13.3. The second-order valence-electron chi connectivity index (χ2n) is 14.8. The molecular formula is C36H59NO13. The Morgan fingerprint density at radius 3 is 2.18 bits per heavy atom. The number of esters is 1. The van der Waals surface area contributed by atoms with E-state index >= 15 is 0 Å². The number of carbonyl (C=O) groups excluding carboxylic acids is 2. The van der Waals surface area contributed by atoms with Crippen molar-refractivity contribution in [1.82, 2.24) is 4.90 Å². The Bertz CT molecular complexity index is 1200. The van der Waals surface area contributed by atoms with E-state index in [9.17, 15) is 24.9 Å². The van der Waals surface area contributed by atoms with Crippen LogP contribution in [-0.4, -0.2) is 152 Å². The van der Waals surface area contributed by atoms with Gasteiger partial charge in [-0.25, -0.2) is 4.79 Å². The lowest BCUT2D eigenvalue weighted by molar-refractivity contribution is -0.312. The molecule has 0 amide bonds. The molecule has 0 spiro atoms. The highest BCUT2D eigenvalue weighted by atomic mass is 16.7. The van der Waals surface area contributed by atoms with Crippen molar-refractivity contribution >= 4 is 11.8 Å². The van der Waals surface area contributed by atoms with Crippen molar-refractivity contribution in [2.45, 2.75) is 140 Å². The lowest BCUT2D eigenvalue weighted by Gasteiger charge is -2.43. The van der Waals surface area contributed by atoms with Crippen molar-refractivity contribution in [3.05, 3.63) is 24.3 Å². The quantitative estimate of drug-likeness (QED) is 0.243. The molecule has 0 bridgehead atoms. The topological polar surface area (TPSA) is 175 Å². The van der Waals surface area contributed by atoms with E-state index < -0.39 is 85.7 Å². The van der Waals surface area contributed by atoms with Crippen molar-refractivity contribution in [1.29, 1.82) is 0 Å². The van der Waals surface area contributed by atoms with E-state index in [0.29, 0.717) is 12.8 Å². The van der Waals surface area contributed by atoms with Gasteiger partial charge in [-0.3, -0.25) is 4.79 Å². The first kappa shape index (κ1) is 40.9. The number of nitrogens with zero attached hydrogens (tertiary/aromatic N) is 1. The number of hydrogen-bond acceptors (Lipinski definition) is 14. The van der Waals surface area contributed by atoms with Gasteiger partial charge in [-0.05, 0) is 65.8 Å². The van der Waals surface area contributed by atoms with Crippen LogP contribution in [0.2, 0.25) is 0 Å². The van der Waals surface area contributed by atoms with E-state index in [4.69, 9.17) is 37.9 Å². The number of allylic oxidation sites excluding steroid dienone is 1. The summed E-state index contributed by atoms with van der Waals surface area (Å²) in [7, 11) is 6.69. The second-order valence-corrected chi connectivity index (χ2v) is 14.8. The van der Waals surface area contributed by atoms with Gasteiger partial charge in [0.05, 0.1) is 24.9 Å². The average molecular weight is 714 g/mol. The van der Waals surface area contributed by atoms with Gasteiger partial charge in [-0.15, -0.1) is 0 Å². The van der Waals surface area contributed by atoms with E-state index in [-0.39, 0.29) is 35.7 Å². The third kappa shape index (κ3) is 9.39. The highest BCUT2D eigenvalue weighted by Crippen LogP contribution is 2.39. The van der Waals surface area contributed by atoms with Gasteiger partial charge in [0.15, 0.2) is 24.0 Å². The molecule has 0 radical (unpaired) electrons. The Hall–Kier alpha value is -1.82. The minimum Gasteiger partial charge on any atom is -0.456 e. The van der Waals surface area contributed by atoms with Crippen LogP contribution in [0.25, 0.3) is 0 Å². The Morgan fingerprint density at radius 2 is 1.54 bits per heavy atom. The second kappa shape index (κ2) is 17.3. The number of rotatable bonds is 8. The number of aliphatic hydroxyl groups is 3. The maximum atomic E-state index is 13.3. The van der Waals surface area contributed by atoms with Gasteiger partial charge in [-0.1, -0.05) is 26.8 Å².